The van der Waals surface area contributed by atoms with Crippen molar-refractivity contribution in [2.24, 2.45) is 7.05 Å². The van der Waals surface area contributed by atoms with Gasteiger partial charge in [-0.25, -0.2) is 4.98 Å². The standard InChI is InChI=1S/C13H17ClO4.C7H7N3S/c14-9-1-2-10-8(5-9)3-4-18-13(10)6-11(16)12(17)7-15;1-10-3-2-5-6(10)8-4-9-7(5)11/h1-2,5,11-13,15-17H,3-4,6-7H2;2-4H,1H3,(H,8,9,11). The molecule has 2 aromatic heterocycles. The van der Waals surface area contributed by atoms with Crippen molar-refractivity contribution in [1.29, 1.82) is 0 Å². The predicted octanol–water partition coefficient (Wildman–Crippen LogP) is 2.69. The zero-order valence-electron chi connectivity index (χ0n) is 16.0. The number of aromatic amines is 1. The summed E-state index contributed by atoms with van der Waals surface area (Å²) in [5, 5.41) is 29.6. The molecule has 3 atom stereocenters. The van der Waals surface area contributed by atoms with Crippen LogP contribution in [0.2, 0.25) is 5.02 Å². The van der Waals surface area contributed by atoms with E-state index in [0.717, 1.165) is 28.6 Å². The minimum atomic E-state index is -1.13. The van der Waals surface area contributed by atoms with E-state index in [1.807, 2.05) is 36.0 Å². The van der Waals surface area contributed by atoms with Gasteiger partial charge in [-0.1, -0.05) is 29.9 Å². The van der Waals surface area contributed by atoms with Crippen molar-refractivity contribution in [3.05, 3.63) is 57.6 Å². The molecule has 3 heterocycles. The highest BCUT2D eigenvalue weighted by Gasteiger charge is 2.26. The third kappa shape index (κ3) is 5.22. The molecule has 0 saturated carbocycles. The van der Waals surface area contributed by atoms with E-state index in [9.17, 15) is 10.2 Å². The third-order valence-corrected chi connectivity index (χ3v) is 5.48. The molecule has 0 fully saturated rings. The van der Waals surface area contributed by atoms with Crippen molar-refractivity contribution in [2.75, 3.05) is 13.2 Å². The number of aromatic nitrogens is 3. The lowest BCUT2D eigenvalue weighted by Gasteiger charge is -2.29. The van der Waals surface area contributed by atoms with Gasteiger partial charge in [0.25, 0.3) is 0 Å². The normalized spacial score (nSPS) is 17.9. The highest BCUT2D eigenvalue weighted by atomic mass is 35.5. The Morgan fingerprint density at radius 3 is 2.86 bits per heavy atom. The number of benzene rings is 1. The maximum atomic E-state index is 9.73. The molecule has 0 bridgehead atoms. The second-order valence-electron chi connectivity index (χ2n) is 6.90. The Balaban J connectivity index is 0.000000186. The lowest BCUT2D eigenvalue weighted by Crippen LogP contribution is -2.32. The van der Waals surface area contributed by atoms with Gasteiger partial charge in [-0.15, -0.1) is 0 Å². The number of fused-ring (bicyclic) bond motifs is 2. The second kappa shape index (κ2) is 9.80. The van der Waals surface area contributed by atoms with Gasteiger partial charge in [-0.3, -0.25) is 0 Å². The molecule has 9 heteroatoms. The molecule has 156 valence electrons. The molecule has 3 unspecified atom stereocenters. The number of hydrogen-bond acceptors (Lipinski definition) is 6. The van der Waals surface area contributed by atoms with Crippen molar-refractivity contribution in [3.63, 3.8) is 0 Å². The first-order valence-corrected chi connectivity index (χ1v) is 10.0. The highest BCUT2D eigenvalue weighted by Crippen LogP contribution is 2.32. The smallest absolute Gasteiger partial charge is 0.138 e. The number of aryl methyl sites for hydroxylation is 1. The Morgan fingerprint density at radius 1 is 1.34 bits per heavy atom. The molecule has 0 saturated heterocycles. The molecule has 1 aromatic carbocycles. The van der Waals surface area contributed by atoms with Gasteiger partial charge in [0.15, 0.2) is 0 Å². The van der Waals surface area contributed by atoms with Gasteiger partial charge in [0.2, 0.25) is 0 Å². The molecule has 0 aliphatic carbocycles. The van der Waals surface area contributed by atoms with Crippen LogP contribution in [0.1, 0.15) is 23.7 Å². The average molecular weight is 438 g/mol. The van der Waals surface area contributed by atoms with Crippen LogP contribution in [0.15, 0.2) is 36.8 Å². The Morgan fingerprint density at radius 2 is 2.14 bits per heavy atom. The highest BCUT2D eigenvalue weighted by molar-refractivity contribution is 7.71. The van der Waals surface area contributed by atoms with E-state index in [1.165, 1.54) is 0 Å². The predicted molar refractivity (Wildman–Crippen MR) is 113 cm³/mol. The zero-order chi connectivity index (χ0) is 21.0. The fraction of sp³-hybridized carbons (Fsp3) is 0.400. The largest absolute Gasteiger partial charge is 0.394 e. The van der Waals surface area contributed by atoms with Crippen molar-refractivity contribution >= 4 is 34.9 Å². The van der Waals surface area contributed by atoms with E-state index in [-0.39, 0.29) is 12.5 Å². The molecular formula is C20H24ClN3O4S. The fourth-order valence-electron chi connectivity index (χ4n) is 3.30. The first-order chi connectivity index (χ1) is 13.9. The minimum Gasteiger partial charge on any atom is -0.394 e. The maximum absolute atomic E-state index is 9.73. The van der Waals surface area contributed by atoms with Crippen LogP contribution in [0.3, 0.4) is 0 Å². The lowest BCUT2D eigenvalue weighted by atomic mass is 9.93. The van der Waals surface area contributed by atoms with Crippen molar-refractivity contribution in [3.8, 4) is 0 Å². The van der Waals surface area contributed by atoms with Crippen molar-refractivity contribution in [1.82, 2.24) is 14.5 Å². The maximum Gasteiger partial charge on any atom is 0.138 e. The Hall–Kier alpha value is -1.81. The van der Waals surface area contributed by atoms with Crippen molar-refractivity contribution < 1.29 is 20.1 Å². The number of H-pyrrole nitrogens is 1. The molecular weight excluding hydrogens is 414 g/mol. The van der Waals surface area contributed by atoms with Crippen LogP contribution >= 0.6 is 23.8 Å². The molecule has 29 heavy (non-hydrogen) atoms. The van der Waals surface area contributed by atoms with Crippen LogP contribution in [-0.4, -0.2) is 55.3 Å². The average Bonchev–Trinajstić information content (AvgIpc) is 3.10. The molecule has 7 nitrogen and oxygen atoms in total. The Labute approximate surface area is 178 Å². The molecule has 4 rings (SSSR count). The summed E-state index contributed by atoms with van der Waals surface area (Å²) >= 11 is 11.0. The second-order valence-corrected chi connectivity index (χ2v) is 7.73. The van der Waals surface area contributed by atoms with E-state index in [0.29, 0.717) is 16.3 Å². The number of nitrogens with zero attached hydrogens (tertiary/aromatic N) is 2. The molecule has 0 amide bonds. The van der Waals surface area contributed by atoms with E-state index in [4.69, 9.17) is 33.7 Å². The first kappa shape index (κ1) is 21.9. The summed E-state index contributed by atoms with van der Waals surface area (Å²) in [7, 11) is 1.97. The van der Waals surface area contributed by atoms with Gasteiger partial charge >= 0.3 is 0 Å². The van der Waals surface area contributed by atoms with Gasteiger partial charge in [-0.05, 0) is 35.7 Å². The topological polar surface area (TPSA) is 104 Å². The van der Waals surface area contributed by atoms with Gasteiger partial charge in [-0.2, -0.15) is 0 Å². The lowest BCUT2D eigenvalue weighted by molar-refractivity contribution is -0.0552. The summed E-state index contributed by atoms with van der Waals surface area (Å²) in [5.41, 5.74) is 3.13. The number of ether oxygens (including phenoxy) is 1. The van der Waals surface area contributed by atoms with Gasteiger partial charge in [0.05, 0.1) is 37.1 Å². The van der Waals surface area contributed by atoms with E-state index < -0.39 is 18.8 Å². The van der Waals surface area contributed by atoms with Gasteiger partial charge in [0, 0.05) is 24.7 Å². The Bertz CT molecular complexity index is 1020. The van der Waals surface area contributed by atoms with E-state index in [2.05, 4.69) is 9.97 Å². The van der Waals surface area contributed by atoms with E-state index in [1.54, 1.807) is 12.4 Å². The molecule has 4 N–H and O–H groups in total. The minimum absolute atomic E-state index is 0.260. The van der Waals surface area contributed by atoms with Crippen LogP contribution in [0.4, 0.5) is 0 Å². The quantitative estimate of drug-likeness (QED) is 0.468. The monoisotopic (exact) mass is 437 g/mol. The number of rotatable bonds is 4. The molecule has 1 aliphatic rings. The van der Waals surface area contributed by atoms with Crippen LogP contribution in [-0.2, 0) is 18.2 Å². The first-order valence-electron chi connectivity index (χ1n) is 9.26. The third-order valence-electron chi connectivity index (χ3n) is 4.92. The molecule has 0 radical (unpaired) electrons. The number of hydrogen-bond donors (Lipinski definition) is 4. The molecule has 0 spiro atoms. The van der Waals surface area contributed by atoms with Crippen LogP contribution in [0.25, 0.3) is 11.0 Å². The molecule has 1 aliphatic heterocycles. The Kier molecular flexibility index (Phi) is 7.39. The summed E-state index contributed by atoms with van der Waals surface area (Å²) in [5.74, 6) is 0. The SMILES string of the molecule is Cn1ccc2c(=S)nc[nH]c21.OCC(O)C(O)CC1OCCc2cc(Cl)ccc21. The summed E-state index contributed by atoms with van der Waals surface area (Å²) in [4.78, 5) is 6.99. The van der Waals surface area contributed by atoms with Gasteiger partial charge in [0.1, 0.15) is 16.4 Å². The molecule has 3 aromatic rings. The number of halogens is 1. The van der Waals surface area contributed by atoms with Crippen LogP contribution in [0, 0.1) is 4.64 Å². The summed E-state index contributed by atoms with van der Waals surface area (Å²) in [6.45, 7) is 0.112. The fourth-order valence-corrected chi connectivity index (χ4v) is 3.71. The summed E-state index contributed by atoms with van der Waals surface area (Å²) in [6.07, 6.45) is 2.24. The van der Waals surface area contributed by atoms with Crippen LogP contribution < -0.4 is 0 Å². The van der Waals surface area contributed by atoms with Crippen LogP contribution in [0.5, 0.6) is 0 Å². The number of nitrogens with one attached hydrogen (secondary N) is 1. The van der Waals surface area contributed by atoms with E-state index >= 15 is 0 Å². The van der Waals surface area contributed by atoms with Crippen molar-refractivity contribution in [2.45, 2.75) is 31.2 Å². The number of aliphatic hydroxyl groups excluding tert-OH is 3. The zero-order valence-corrected chi connectivity index (χ0v) is 17.5. The van der Waals surface area contributed by atoms with Gasteiger partial charge < -0.3 is 29.6 Å². The summed E-state index contributed by atoms with van der Waals surface area (Å²) < 4.78 is 8.24. The number of aliphatic hydroxyl groups is 3. The summed E-state index contributed by atoms with van der Waals surface area (Å²) in [6, 6.07) is 7.54.